The van der Waals surface area contributed by atoms with E-state index in [4.69, 9.17) is 4.74 Å². The van der Waals surface area contributed by atoms with Crippen LogP contribution in [0.25, 0.3) is 0 Å². The van der Waals surface area contributed by atoms with E-state index >= 15 is 0 Å². The van der Waals surface area contributed by atoms with Crippen LogP contribution in [0.3, 0.4) is 0 Å². The molecule has 0 radical (unpaired) electrons. The molecule has 0 saturated carbocycles. The van der Waals surface area contributed by atoms with E-state index in [1.165, 1.54) is 12.1 Å². The van der Waals surface area contributed by atoms with Crippen LogP contribution in [-0.4, -0.2) is 36.8 Å². The fraction of sp³-hybridized carbons (Fsp3) is 0.500. The molecule has 1 heterocycles. The topological polar surface area (TPSA) is 24.5 Å². The highest BCUT2D eigenvalue weighted by Crippen LogP contribution is 2.36. The normalized spacial score (nSPS) is 17.6. The van der Waals surface area contributed by atoms with Crippen LogP contribution in [0.4, 0.5) is 13.2 Å². The molecule has 0 aliphatic carbocycles. The first kappa shape index (κ1) is 14.6. The molecular formula is C12H15F3N2OS. The van der Waals surface area contributed by atoms with Crippen molar-refractivity contribution in [1.29, 1.82) is 0 Å². The van der Waals surface area contributed by atoms with Crippen molar-refractivity contribution in [3.05, 3.63) is 29.8 Å². The molecule has 0 amide bonds. The third-order valence-corrected chi connectivity index (χ3v) is 3.41. The van der Waals surface area contributed by atoms with Gasteiger partial charge in [-0.05, 0) is 29.5 Å². The Labute approximate surface area is 114 Å². The lowest BCUT2D eigenvalue weighted by atomic mass is 10.2. The lowest BCUT2D eigenvalue weighted by Crippen LogP contribution is -2.45. The van der Waals surface area contributed by atoms with Crippen molar-refractivity contribution in [1.82, 2.24) is 10.4 Å². The zero-order valence-corrected chi connectivity index (χ0v) is 11.1. The van der Waals surface area contributed by atoms with Gasteiger partial charge in [-0.3, -0.25) is 5.43 Å². The maximum absolute atomic E-state index is 12.2. The van der Waals surface area contributed by atoms with Gasteiger partial charge in [0.25, 0.3) is 0 Å². The highest BCUT2D eigenvalue weighted by molar-refractivity contribution is 8.00. The van der Waals surface area contributed by atoms with Crippen LogP contribution in [0.15, 0.2) is 29.2 Å². The summed E-state index contributed by atoms with van der Waals surface area (Å²) in [6.45, 7) is 3.66. The van der Waals surface area contributed by atoms with Crippen molar-refractivity contribution < 1.29 is 17.9 Å². The molecule has 1 aromatic rings. The lowest BCUT2D eigenvalue weighted by Gasteiger charge is -2.27. The summed E-state index contributed by atoms with van der Waals surface area (Å²) in [6.07, 6.45) is 0. The van der Waals surface area contributed by atoms with Gasteiger partial charge in [0.2, 0.25) is 0 Å². The van der Waals surface area contributed by atoms with E-state index in [0.29, 0.717) is 19.8 Å². The second kappa shape index (κ2) is 6.60. The smallest absolute Gasteiger partial charge is 0.379 e. The molecule has 2 rings (SSSR count). The van der Waals surface area contributed by atoms with Crippen molar-refractivity contribution >= 4 is 11.8 Å². The molecule has 0 atom stereocenters. The Balaban J connectivity index is 1.81. The molecule has 7 heteroatoms. The average Bonchev–Trinajstić information content (AvgIpc) is 2.37. The number of hydrogen-bond donors (Lipinski definition) is 1. The van der Waals surface area contributed by atoms with Gasteiger partial charge in [0.05, 0.1) is 13.2 Å². The fourth-order valence-corrected chi connectivity index (χ4v) is 2.27. The zero-order valence-electron chi connectivity index (χ0n) is 10.2. The van der Waals surface area contributed by atoms with Crippen LogP contribution >= 0.6 is 11.8 Å². The number of alkyl halides is 3. The third-order valence-electron chi connectivity index (χ3n) is 2.67. The minimum atomic E-state index is -4.23. The molecule has 1 aromatic carbocycles. The summed E-state index contributed by atoms with van der Waals surface area (Å²) in [7, 11) is 0. The summed E-state index contributed by atoms with van der Waals surface area (Å²) in [5, 5.41) is 2.06. The first-order valence-corrected chi connectivity index (χ1v) is 6.75. The van der Waals surface area contributed by atoms with E-state index in [0.717, 1.165) is 18.7 Å². The molecule has 1 N–H and O–H groups in total. The van der Waals surface area contributed by atoms with E-state index < -0.39 is 5.51 Å². The summed E-state index contributed by atoms with van der Waals surface area (Å²) in [4.78, 5) is 0.211. The van der Waals surface area contributed by atoms with Gasteiger partial charge in [-0.2, -0.15) is 13.2 Å². The molecule has 1 aliphatic heterocycles. The quantitative estimate of drug-likeness (QED) is 0.862. The summed E-state index contributed by atoms with van der Waals surface area (Å²) in [5.41, 5.74) is -0.0422. The standard InChI is InChI=1S/C12H15F3N2OS/c13-12(14,15)19-11-3-1-10(2-4-11)9-16-17-5-7-18-8-6-17/h1-4,16H,5-9H2. The number of hydrogen-bond acceptors (Lipinski definition) is 4. The second-order valence-electron chi connectivity index (χ2n) is 4.13. The average molecular weight is 292 g/mol. The van der Waals surface area contributed by atoms with Crippen LogP contribution < -0.4 is 5.43 Å². The van der Waals surface area contributed by atoms with Crippen LogP contribution in [0.5, 0.6) is 0 Å². The second-order valence-corrected chi connectivity index (χ2v) is 5.26. The van der Waals surface area contributed by atoms with E-state index in [1.807, 2.05) is 0 Å². The predicted octanol–water partition coefficient (Wildman–Crippen LogP) is 2.64. The Morgan fingerprint density at radius 3 is 2.37 bits per heavy atom. The van der Waals surface area contributed by atoms with Crippen molar-refractivity contribution in [2.45, 2.75) is 16.9 Å². The minimum Gasteiger partial charge on any atom is -0.379 e. The van der Waals surface area contributed by atoms with Crippen LogP contribution in [0, 0.1) is 0 Å². The Hall–Kier alpha value is -0.760. The van der Waals surface area contributed by atoms with E-state index in [9.17, 15) is 13.2 Å². The molecule has 0 bridgehead atoms. The molecule has 106 valence electrons. The summed E-state index contributed by atoms with van der Waals surface area (Å²) < 4.78 is 41.7. The van der Waals surface area contributed by atoms with Gasteiger partial charge in [0, 0.05) is 24.5 Å². The van der Waals surface area contributed by atoms with E-state index in [-0.39, 0.29) is 16.7 Å². The van der Waals surface area contributed by atoms with Crippen molar-refractivity contribution in [3.63, 3.8) is 0 Å². The molecule has 0 spiro atoms. The molecule has 3 nitrogen and oxygen atoms in total. The lowest BCUT2D eigenvalue weighted by molar-refractivity contribution is -0.0328. The molecule has 0 aromatic heterocycles. The number of nitrogens with one attached hydrogen (secondary N) is 1. The number of nitrogens with zero attached hydrogens (tertiary/aromatic N) is 1. The maximum atomic E-state index is 12.2. The molecule has 19 heavy (non-hydrogen) atoms. The van der Waals surface area contributed by atoms with Crippen LogP contribution in [-0.2, 0) is 11.3 Å². The number of rotatable bonds is 4. The fourth-order valence-electron chi connectivity index (χ4n) is 1.73. The number of halogens is 3. The number of morpholine rings is 1. The van der Waals surface area contributed by atoms with Crippen LogP contribution in [0.1, 0.15) is 5.56 Å². The van der Waals surface area contributed by atoms with Gasteiger partial charge < -0.3 is 4.74 Å². The van der Waals surface area contributed by atoms with Crippen molar-refractivity contribution in [2.75, 3.05) is 26.3 Å². The predicted molar refractivity (Wildman–Crippen MR) is 67.6 cm³/mol. The number of thioether (sulfide) groups is 1. The number of benzene rings is 1. The maximum Gasteiger partial charge on any atom is 0.446 e. The number of hydrazine groups is 1. The van der Waals surface area contributed by atoms with Gasteiger partial charge >= 0.3 is 5.51 Å². The SMILES string of the molecule is FC(F)(F)Sc1ccc(CNN2CCOCC2)cc1. The van der Waals surface area contributed by atoms with Crippen LogP contribution in [0.2, 0.25) is 0 Å². The van der Waals surface area contributed by atoms with Gasteiger partial charge in [-0.15, -0.1) is 0 Å². The van der Waals surface area contributed by atoms with Gasteiger partial charge in [0.1, 0.15) is 0 Å². The Morgan fingerprint density at radius 1 is 1.16 bits per heavy atom. The third kappa shape index (κ3) is 5.40. The van der Waals surface area contributed by atoms with Gasteiger partial charge in [-0.1, -0.05) is 12.1 Å². The Bertz CT molecular complexity index is 391. The largest absolute Gasteiger partial charge is 0.446 e. The van der Waals surface area contributed by atoms with Crippen molar-refractivity contribution in [3.8, 4) is 0 Å². The molecule has 1 fully saturated rings. The Morgan fingerprint density at radius 2 is 1.79 bits per heavy atom. The zero-order chi connectivity index (χ0) is 13.7. The van der Waals surface area contributed by atoms with E-state index in [1.54, 1.807) is 12.1 Å². The van der Waals surface area contributed by atoms with Crippen molar-refractivity contribution in [2.24, 2.45) is 0 Å². The van der Waals surface area contributed by atoms with E-state index in [2.05, 4.69) is 10.4 Å². The monoisotopic (exact) mass is 292 g/mol. The first-order chi connectivity index (χ1) is 9.03. The molecule has 1 saturated heterocycles. The first-order valence-electron chi connectivity index (χ1n) is 5.94. The summed E-state index contributed by atoms with van der Waals surface area (Å²) in [6, 6.07) is 6.41. The summed E-state index contributed by atoms with van der Waals surface area (Å²) >= 11 is -0.0918. The molecular weight excluding hydrogens is 277 g/mol. The molecule has 0 unspecified atom stereocenters. The number of ether oxygens (including phenoxy) is 1. The molecule has 1 aliphatic rings. The highest BCUT2D eigenvalue weighted by Gasteiger charge is 2.28. The Kier molecular flexibility index (Phi) is 5.09. The van der Waals surface area contributed by atoms with Gasteiger partial charge in [0.15, 0.2) is 0 Å². The minimum absolute atomic E-state index is 0.0918. The van der Waals surface area contributed by atoms with Gasteiger partial charge in [-0.25, -0.2) is 5.01 Å². The highest BCUT2D eigenvalue weighted by atomic mass is 32.2. The summed E-state index contributed by atoms with van der Waals surface area (Å²) in [5.74, 6) is 0.